The Bertz CT molecular complexity index is 1640. The highest BCUT2D eigenvalue weighted by Crippen LogP contribution is 2.50. The highest BCUT2D eigenvalue weighted by molar-refractivity contribution is 7.21. The summed E-state index contributed by atoms with van der Waals surface area (Å²) in [6, 6.07) is 15.8. The molecule has 2 aliphatic rings. The van der Waals surface area contributed by atoms with Crippen LogP contribution in [0.15, 0.2) is 54.6 Å². The number of carbonyl (C=O) groups is 2. The maximum atomic E-state index is 14.1. The molecule has 3 aromatic carbocycles. The average molecular weight is 556 g/mol. The molecule has 1 aliphatic carbocycles. The number of carbonyl (C=O) groups excluding carboxylic acids is 2. The number of piperidine rings is 1. The van der Waals surface area contributed by atoms with Crippen LogP contribution >= 0.6 is 11.3 Å². The molecule has 0 spiro atoms. The second-order valence-corrected chi connectivity index (χ2v) is 11.8. The molecule has 0 saturated carbocycles. The number of amides is 1. The van der Waals surface area contributed by atoms with Crippen molar-refractivity contribution in [2.75, 3.05) is 18.8 Å². The molecule has 1 fully saturated rings. The summed E-state index contributed by atoms with van der Waals surface area (Å²) in [5.41, 5.74) is 22.8. The van der Waals surface area contributed by atoms with Crippen molar-refractivity contribution in [3.63, 3.8) is 0 Å². The lowest BCUT2D eigenvalue weighted by molar-refractivity contribution is -0.124. The molecule has 6 rings (SSSR count). The monoisotopic (exact) mass is 555 g/mol. The molecule has 2 heterocycles. The third kappa shape index (κ3) is 4.26. The Morgan fingerprint density at radius 1 is 1.07 bits per heavy atom. The van der Waals surface area contributed by atoms with Gasteiger partial charge in [0.15, 0.2) is 5.78 Å². The van der Waals surface area contributed by atoms with E-state index in [1.54, 1.807) is 12.1 Å². The number of nitrogen functional groups attached to an aromatic ring is 1. The summed E-state index contributed by atoms with van der Waals surface area (Å²) in [6.45, 7) is 5.57. The fourth-order valence-electron chi connectivity index (χ4n) is 5.94. The van der Waals surface area contributed by atoms with Gasteiger partial charge in [-0.1, -0.05) is 29.8 Å². The molecule has 3 atom stereocenters. The molecule has 8 N–H and O–H groups in total. The van der Waals surface area contributed by atoms with Gasteiger partial charge in [-0.05, 0) is 80.3 Å². The predicted octanol–water partition coefficient (Wildman–Crippen LogP) is 4.16. The Kier molecular flexibility index (Phi) is 6.62. The SMILES string of the molecule is Cc1ccc(Oc2ccc(C3(N)C(=O)C(N)c4c(C(=O)NC5CCCNC5)sc5c(N)ccc3c45)c(C)c2)cc1. The van der Waals surface area contributed by atoms with Crippen LogP contribution in [0.1, 0.15) is 56.4 Å². The average Bonchev–Trinajstić information content (AvgIpc) is 3.35. The Balaban J connectivity index is 1.43. The molecule has 9 heteroatoms. The van der Waals surface area contributed by atoms with Gasteiger partial charge in [-0.25, -0.2) is 0 Å². The number of hydrogen-bond acceptors (Lipinski definition) is 8. The molecule has 1 saturated heterocycles. The topological polar surface area (TPSA) is 145 Å². The van der Waals surface area contributed by atoms with Gasteiger partial charge in [0.05, 0.1) is 15.6 Å². The lowest BCUT2D eigenvalue weighted by Crippen LogP contribution is -2.53. The maximum absolute atomic E-state index is 14.1. The van der Waals surface area contributed by atoms with E-state index in [0.717, 1.165) is 30.5 Å². The number of anilines is 1. The van der Waals surface area contributed by atoms with E-state index in [0.29, 0.717) is 55.4 Å². The number of rotatable bonds is 5. The first-order valence-electron chi connectivity index (χ1n) is 13.5. The van der Waals surface area contributed by atoms with Crippen molar-refractivity contribution in [2.24, 2.45) is 11.5 Å². The molecule has 206 valence electrons. The smallest absolute Gasteiger partial charge is 0.262 e. The maximum Gasteiger partial charge on any atom is 0.262 e. The molecule has 1 aliphatic heterocycles. The molecule has 1 aromatic heterocycles. The van der Waals surface area contributed by atoms with Gasteiger partial charge in [0, 0.05) is 29.2 Å². The summed E-state index contributed by atoms with van der Waals surface area (Å²) >= 11 is 1.27. The van der Waals surface area contributed by atoms with Crippen molar-refractivity contribution in [3.8, 4) is 11.5 Å². The summed E-state index contributed by atoms with van der Waals surface area (Å²) < 4.78 is 6.76. The standard InChI is InChI=1S/C31H33N5O3S/c1-16-5-7-19(8-6-16)39-20-9-10-21(17(2)14-20)31(34)22-11-12-23(32)27-24(22)25(26(33)29(31)37)28(40-27)30(38)36-18-4-3-13-35-15-18/h5-12,14,18,26,35H,3-4,13,15,32-34H2,1-2H3,(H,36,38). The van der Waals surface area contributed by atoms with Gasteiger partial charge in [-0.2, -0.15) is 0 Å². The summed E-state index contributed by atoms with van der Waals surface area (Å²) in [7, 11) is 0. The zero-order valence-corrected chi connectivity index (χ0v) is 23.4. The van der Waals surface area contributed by atoms with Crippen LogP contribution in [0.25, 0.3) is 10.1 Å². The first-order valence-corrected chi connectivity index (χ1v) is 14.3. The van der Waals surface area contributed by atoms with Gasteiger partial charge >= 0.3 is 0 Å². The Morgan fingerprint density at radius 3 is 2.50 bits per heavy atom. The van der Waals surface area contributed by atoms with Crippen molar-refractivity contribution in [3.05, 3.63) is 87.3 Å². The number of benzene rings is 3. The second kappa shape index (κ2) is 10.0. The Morgan fingerprint density at radius 2 is 1.80 bits per heavy atom. The molecule has 3 unspecified atom stereocenters. The second-order valence-electron chi connectivity index (χ2n) is 10.8. The lowest BCUT2D eigenvalue weighted by Gasteiger charge is -2.37. The van der Waals surface area contributed by atoms with Crippen molar-refractivity contribution in [1.29, 1.82) is 0 Å². The van der Waals surface area contributed by atoms with Crippen LogP contribution in [0, 0.1) is 13.8 Å². The Labute approximate surface area is 236 Å². The van der Waals surface area contributed by atoms with Gasteiger partial charge in [0.25, 0.3) is 5.91 Å². The number of ketones is 1. The van der Waals surface area contributed by atoms with E-state index in [-0.39, 0.29) is 17.7 Å². The van der Waals surface area contributed by atoms with Crippen molar-refractivity contribution < 1.29 is 14.3 Å². The summed E-state index contributed by atoms with van der Waals surface area (Å²) in [5, 5.41) is 7.13. The first-order chi connectivity index (χ1) is 19.2. The molecule has 0 radical (unpaired) electrons. The molecule has 0 bridgehead atoms. The largest absolute Gasteiger partial charge is 0.457 e. The van der Waals surface area contributed by atoms with E-state index >= 15 is 0 Å². The van der Waals surface area contributed by atoms with E-state index in [1.165, 1.54) is 11.3 Å². The van der Waals surface area contributed by atoms with Crippen LogP contribution in [0.4, 0.5) is 5.69 Å². The van der Waals surface area contributed by atoms with Crippen LogP contribution in [0.2, 0.25) is 0 Å². The van der Waals surface area contributed by atoms with E-state index < -0.39 is 11.6 Å². The van der Waals surface area contributed by atoms with Crippen LogP contribution in [-0.2, 0) is 10.3 Å². The van der Waals surface area contributed by atoms with E-state index in [9.17, 15) is 9.59 Å². The van der Waals surface area contributed by atoms with Crippen molar-refractivity contribution in [2.45, 2.75) is 44.3 Å². The number of Topliss-reactive ketones (excluding diaryl/α,β-unsaturated/α-hetero) is 1. The number of aryl methyl sites for hydroxylation is 2. The fourth-order valence-corrected chi connectivity index (χ4v) is 7.14. The van der Waals surface area contributed by atoms with Gasteiger partial charge in [-0.3, -0.25) is 9.59 Å². The highest BCUT2D eigenvalue weighted by Gasteiger charge is 2.49. The Hall–Kier alpha value is -3.76. The third-order valence-electron chi connectivity index (χ3n) is 8.03. The summed E-state index contributed by atoms with van der Waals surface area (Å²) in [6.07, 6.45) is 1.88. The zero-order valence-electron chi connectivity index (χ0n) is 22.5. The van der Waals surface area contributed by atoms with Crippen molar-refractivity contribution in [1.82, 2.24) is 10.6 Å². The number of hydrogen-bond donors (Lipinski definition) is 5. The minimum absolute atomic E-state index is 0.0166. The zero-order chi connectivity index (χ0) is 28.2. The van der Waals surface area contributed by atoms with Gasteiger partial charge in [-0.15, -0.1) is 11.3 Å². The number of nitrogens with one attached hydrogen (secondary N) is 2. The van der Waals surface area contributed by atoms with Crippen LogP contribution < -0.4 is 32.6 Å². The molecule has 40 heavy (non-hydrogen) atoms. The fraction of sp³-hybridized carbons (Fsp3) is 0.290. The minimum atomic E-state index is -1.52. The quantitative estimate of drug-likeness (QED) is 0.233. The molecular formula is C31H33N5O3S. The predicted molar refractivity (Wildman–Crippen MR) is 159 cm³/mol. The van der Waals surface area contributed by atoms with Gasteiger partial charge in [0.2, 0.25) is 0 Å². The van der Waals surface area contributed by atoms with E-state index in [2.05, 4.69) is 10.6 Å². The molecular weight excluding hydrogens is 522 g/mol. The minimum Gasteiger partial charge on any atom is -0.457 e. The highest BCUT2D eigenvalue weighted by atomic mass is 32.1. The van der Waals surface area contributed by atoms with E-state index in [4.69, 9.17) is 21.9 Å². The first kappa shape index (κ1) is 26.5. The van der Waals surface area contributed by atoms with E-state index in [1.807, 2.05) is 56.3 Å². The third-order valence-corrected chi connectivity index (χ3v) is 9.28. The number of ether oxygens (including phenoxy) is 1. The van der Waals surface area contributed by atoms with Crippen LogP contribution in [-0.4, -0.2) is 30.8 Å². The summed E-state index contributed by atoms with van der Waals surface area (Å²) in [4.78, 5) is 28.0. The molecule has 8 nitrogen and oxygen atoms in total. The van der Waals surface area contributed by atoms with Crippen molar-refractivity contribution >= 4 is 38.8 Å². The van der Waals surface area contributed by atoms with Crippen LogP contribution in [0.3, 0.4) is 0 Å². The summed E-state index contributed by atoms with van der Waals surface area (Å²) in [5.74, 6) is 0.745. The number of nitrogens with two attached hydrogens (primary N) is 3. The molecule has 4 aromatic rings. The number of thiophene rings is 1. The normalized spacial score (nSPS) is 22.4. The van der Waals surface area contributed by atoms with Gasteiger partial charge in [0.1, 0.15) is 17.0 Å². The van der Waals surface area contributed by atoms with Gasteiger partial charge < -0.3 is 32.6 Å². The van der Waals surface area contributed by atoms with Crippen LogP contribution in [0.5, 0.6) is 11.5 Å². The molecule has 1 amide bonds. The lowest BCUT2D eigenvalue weighted by atomic mass is 9.69.